The molecule has 1 unspecified atom stereocenters. The largest absolute Gasteiger partial charge is 0.399 e. The first-order chi connectivity index (χ1) is 9.56. The van der Waals surface area contributed by atoms with Crippen molar-refractivity contribution < 1.29 is 9.59 Å². The van der Waals surface area contributed by atoms with Gasteiger partial charge in [-0.1, -0.05) is 22.0 Å². The van der Waals surface area contributed by atoms with Gasteiger partial charge in [-0.2, -0.15) is 0 Å². The molecule has 0 saturated carbocycles. The van der Waals surface area contributed by atoms with Crippen LogP contribution in [-0.4, -0.2) is 40.7 Å². The van der Waals surface area contributed by atoms with Crippen LogP contribution in [-0.2, 0) is 16.1 Å². The Kier molecular flexibility index (Phi) is 3.41. The Balaban J connectivity index is 1.80. The topological polar surface area (TPSA) is 66.6 Å². The zero-order chi connectivity index (χ0) is 14.3. The Morgan fingerprint density at radius 2 is 2.15 bits per heavy atom. The summed E-state index contributed by atoms with van der Waals surface area (Å²) < 4.78 is 0.867. The molecule has 2 fully saturated rings. The maximum Gasteiger partial charge on any atom is 0.246 e. The van der Waals surface area contributed by atoms with E-state index in [-0.39, 0.29) is 24.4 Å². The number of fused-ring (bicyclic) bond motifs is 1. The summed E-state index contributed by atoms with van der Waals surface area (Å²) >= 11 is 3.45. The molecule has 2 heterocycles. The van der Waals surface area contributed by atoms with Gasteiger partial charge in [-0.3, -0.25) is 9.59 Å². The second-order valence-corrected chi connectivity index (χ2v) is 6.14. The molecule has 6 heteroatoms. The van der Waals surface area contributed by atoms with E-state index in [1.54, 1.807) is 15.9 Å². The highest BCUT2D eigenvalue weighted by molar-refractivity contribution is 9.10. The number of nitrogen functional groups attached to an aromatic ring is 1. The maximum atomic E-state index is 12.4. The van der Waals surface area contributed by atoms with Crippen LogP contribution < -0.4 is 5.73 Å². The van der Waals surface area contributed by atoms with Gasteiger partial charge >= 0.3 is 0 Å². The van der Waals surface area contributed by atoms with Crippen LogP contribution in [0.3, 0.4) is 0 Å². The third-order valence-corrected chi connectivity index (χ3v) is 4.67. The standard InChI is InChI=1S/C14H16BrN3O2/c15-11-6-10(16)4-3-9(11)7-17-8-13(19)18-5-1-2-12(18)14(17)20/h3-4,6,12H,1-2,5,7-8,16H2. The van der Waals surface area contributed by atoms with E-state index in [0.29, 0.717) is 18.8 Å². The minimum absolute atomic E-state index is 0.0543. The van der Waals surface area contributed by atoms with Crippen molar-refractivity contribution in [2.75, 3.05) is 18.8 Å². The molecular weight excluding hydrogens is 322 g/mol. The lowest BCUT2D eigenvalue weighted by Gasteiger charge is -2.36. The molecule has 1 atom stereocenters. The molecule has 20 heavy (non-hydrogen) atoms. The van der Waals surface area contributed by atoms with Gasteiger partial charge in [-0.25, -0.2) is 0 Å². The first kappa shape index (κ1) is 13.4. The summed E-state index contributed by atoms with van der Waals surface area (Å²) in [5.41, 5.74) is 7.34. The lowest BCUT2D eigenvalue weighted by atomic mass is 10.1. The highest BCUT2D eigenvalue weighted by Crippen LogP contribution is 2.27. The second-order valence-electron chi connectivity index (χ2n) is 5.29. The number of amides is 2. The summed E-state index contributed by atoms with van der Waals surface area (Å²) in [6.45, 7) is 1.33. The fourth-order valence-corrected chi connectivity index (χ4v) is 3.42. The molecule has 0 spiro atoms. The number of carbonyl (C=O) groups is 2. The number of anilines is 1. The van der Waals surface area contributed by atoms with Crippen molar-refractivity contribution >= 4 is 33.4 Å². The maximum absolute atomic E-state index is 12.4. The second kappa shape index (κ2) is 5.09. The minimum Gasteiger partial charge on any atom is -0.399 e. The molecule has 1 aromatic carbocycles. The highest BCUT2D eigenvalue weighted by atomic mass is 79.9. The van der Waals surface area contributed by atoms with Crippen LogP contribution >= 0.6 is 15.9 Å². The van der Waals surface area contributed by atoms with E-state index in [1.165, 1.54) is 0 Å². The van der Waals surface area contributed by atoms with Gasteiger partial charge in [0.1, 0.15) is 12.6 Å². The first-order valence-corrected chi connectivity index (χ1v) is 7.48. The molecule has 2 saturated heterocycles. The fourth-order valence-electron chi connectivity index (χ4n) is 2.90. The number of halogens is 1. The number of nitrogens with two attached hydrogens (primary N) is 1. The molecule has 0 radical (unpaired) electrons. The number of rotatable bonds is 2. The van der Waals surface area contributed by atoms with Gasteiger partial charge in [0, 0.05) is 23.2 Å². The molecule has 0 aromatic heterocycles. The van der Waals surface area contributed by atoms with Gasteiger partial charge in [0.2, 0.25) is 11.8 Å². The summed E-state index contributed by atoms with van der Waals surface area (Å²) in [5.74, 6) is 0.115. The van der Waals surface area contributed by atoms with Crippen LogP contribution in [0.15, 0.2) is 22.7 Å². The van der Waals surface area contributed by atoms with Gasteiger partial charge in [0.05, 0.1) is 0 Å². The first-order valence-electron chi connectivity index (χ1n) is 6.68. The van der Waals surface area contributed by atoms with Crippen molar-refractivity contribution in [2.24, 2.45) is 0 Å². The average molecular weight is 338 g/mol. The number of hydrogen-bond donors (Lipinski definition) is 1. The van der Waals surface area contributed by atoms with E-state index in [9.17, 15) is 9.59 Å². The minimum atomic E-state index is -0.246. The highest BCUT2D eigenvalue weighted by Gasteiger charge is 2.41. The predicted molar refractivity (Wildman–Crippen MR) is 78.7 cm³/mol. The van der Waals surface area contributed by atoms with Crippen LogP contribution in [0, 0.1) is 0 Å². The normalized spacial score (nSPS) is 22.4. The molecule has 0 aliphatic carbocycles. The van der Waals surface area contributed by atoms with E-state index >= 15 is 0 Å². The summed E-state index contributed by atoms with van der Waals surface area (Å²) in [7, 11) is 0. The number of benzene rings is 1. The van der Waals surface area contributed by atoms with Crippen molar-refractivity contribution in [3.8, 4) is 0 Å². The molecule has 0 bridgehead atoms. The van der Waals surface area contributed by atoms with Gasteiger partial charge in [0.15, 0.2) is 0 Å². The van der Waals surface area contributed by atoms with Crippen molar-refractivity contribution in [2.45, 2.75) is 25.4 Å². The van der Waals surface area contributed by atoms with Crippen molar-refractivity contribution in [3.63, 3.8) is 0 Å². The molecule has 3 rings (SSSR count). The molecule has 2 aliphatic rings. The Labute approximate surface area is 125 Å². The Hall–Kier alpha value is -1.56. The monoisotopic (exact) mass is 337 g/mol. The van der Waals surface area contributed by atoms with Crippen LogP contribution in [0.1, 0.15) is 18.4 Å². The number of piperazine rings is 1. The predicted octanol–water partition coefficient (Wildman–Crippen LogP) is 1.36. The van der Waals surface area contributed by atoms with Gasteiger partial charge < -0.3 is 15.5 Å². The Morgan fingerprint density at radius 1 is 1.35 bits per heavy atom. The van der Waals surface area contributed by atoms with Crippen LogP contribution in [0.5, 0.6) is 0 Å². The lowest BCUT2D eigenvalue weighted by Crippen LogP contribution is -2.56. The Morgan fingerprint density at radius 3 is 2.90 bits per heavy atom. The number of carbonyl (C=O) groups excluding carboxylic acids is 2. The van der Waals surface area contributed by atoms with Gasteiger partial charge in [0.25, 0.3) is 0 Å². The van der Waals surface area contributed by atoms with Gasteiger partial charge in [-0.15, -0.1) is 0 Å². The molecule has 2 aliphatic heterocycles. The van der Waals surface area contributed by atoms with E-state index in [0.717, 1.165) is 22.9 Å². The summed E-state index contributed by atoms with van der Waals surface area (Å²) in [5, 5.41) is 0. The van der Waals surface area contributed by atoms with E-state index in [1.807, 2.05) is 12.1 Å². The zero-order valence-electron chi connectivity index (χ0n) is 11.0. The van der Waals surface area contributed by atoms with E-state index in [4.69, 9.17) is 5.73 Å². The summed E-state index contributed by atoms with van der Waals surface area (Å²) in [6, 6.07) is 5.26. The smallest absolute Gasteiger partial charge is 0.246 e. The number of hydrogen-bond acceptors (Lipinski definition) is 3. The van der Waals surface area contributed by atoms with E-state index < -0.39 is 0 Å². The molecule has 1 aromatic rings. The zero-order valence-corrected chi connectivity index (χ0v) is 12.6. The van der Waals surface area contributed by atoms with Gasteiger partial charge in [-0.05, 0) is 30.5 Å². The van der Waals surface area contributed by atoms with Crippen LogP contribution in [0.25, 0.3) is 0 Å². The van der Waals surface area contributed by atoms with Crippen LogP contribution in [0.4, 0.5) is 5.69 Å². The molecule has 5 nitrogen and oxygen atoms in total. The third kappa shape index (κ3) is 2.28. The fraction of sp³-hybridized carbons (Fsp3) is 0.429. The molecule has 2 amide bonds. The Bertz CT molecular complexity index is 576. The van der Waals surface area contributed by atoms with Crippen molar-refractivity contribution in [3.05, 3.63) is 28.2 Å². The average Bonchev–Trinajstić information content (AvgIpc) is 2.88. The summed E-state index contributed by atoms with van der Waals surface area (Å²) in [4.78, 5) is 27.9. The van der Waals surface area contributed by atoms with E-state index in [2.05, 4.69) is 15.9 Å². The molecule has 2 N–H and O–H groups in total. The quantitative estimate of drug-likeness (QED) is 0.828. The third-order valence-electron chi connectivity index (χ3n) is 3.93. The van der Waals surface area contributed by atoms with Crippen molar-refractivity contribution in [1.29, 1.82) is 0 Å². The van der Waals surface area contributed by atoms with Crippen molar-refractivity contribution in [1.82, 2.24) is 9.80 Å². The number of nitrogens with zero attached hydrogens (tertiary/aromatic N) is 2. The SMILES string of the molecule is Nc1ccc(CN2CC(=O)N3CCCC3C2=O)c(Br)c1. The molecular formula is C14H16BrN3O2. The molecule has 106 valence electrons. The lowest BCUT2D eigenvalue weighted by molar-refractivity contribution is -0.154. The van der Waals surface area contributed by atoms with Crippen LogP contribution in [0.2, 0.25) is 0 Å². The summed E-state index contributed by atoms with van der Waals surface area (Å²) in [6.07, 6.45) is 1.70.